The summed E-state index contributed by atoms with van der Waals surface area (Å²) >= 11 is 1.78. The van der Waals surface area contributed by atoms with Gasteiger partial charge in [-0.1, -0.05) is 6.92 Å². The molecule has 0 aromatic carbocycles. The molecule has 11 heavy (non-hydrogen) atoms. The lowest BCUT2D eigenvalue weighted by Crippen LogP contribution is -1.97. The lowest BCUT2D eigenvalue weighted by molar-refractivity contribution is 0.603. The molecule has 0 aliphatic heterocycles. The number of aromatic nitrogens is 2. The number of hydrogen-bond donors (Lipinski definition) is 0. The van der Waals surface area contributed by atoms with E-state index in [0.29, 0.717) is 0 Å². The van der Waals surface area contributed by atoms with Gasteiger partial charge in [-0.05, 0) is 19.6 Å². The van der Waals surface area contributed by atoms with Gasteiger partial charge in [-0.2, -0.15) is 5.10 Å². The van der Waals surface area contributed by atoms with Crippen LogP contribution in [-0.4, -0.2) is 16.0 Å². The zero-order valence-electron chi connectivity index (χ0n) is 7.29. The van der Waals surface area contributed by atoms with Crippen molar-refractivity contribution in [3.8, 4) is 0 Å². The normalized spacial score (nSPS) is 10.5. The van der Waals surface area contributed by atoms with E-state index in [2.05, 4.69) is 25.2 Å². The van der Waals surface area contributed by atoms with Gasteiger partial charge in [0, 0.05) is 12.1 Å². The number of hydrogen-bond acceptors (Lipinski definition) is 2. The molecule has 1 rings (SSSR count). The molecule has 0 saturated carbocycles. The maximum Gasteiger partial charge on any atom is 0.0968 e. The van der Waals surface area contributed by atoms with Crippen LogP contribution in [0, 0.1) is 0 Å². The number of rotatable bonds is 3. The van der Waals surface area contributed by atoms with Gasteiger partial charge in [-0.25, -0.2) is 0 Å². The first-order valence-electron chi connectivity index (χ1n) is 3.92. The third-order valence-electron chi connectivity index (χ3n) is 1.74. The summed E-state index contributed by atoms with van der Waals surface area (Å²) in [6.07, 6.45) is 5.15. The molecular weight excluding hydrogens is 156 g/mol. The van der Waals surface area contributed by atoms with E-state index in [4.69, 9.17) is 0 Å². The Morgan fingerprint density at radius 3 is 2.73 bits per heavy atom. The molecule has 1 aromatic heterocycles. The lowest BCUT2D eigenvalue weighted by Gasteiger charge is -2.01. The molecule has 1 heterocycles. The van der Waals surface area contributed by atoms with Crippen LogP contribution in [0.25, 0.3) is 0 Å². The first kappa shape index (κ1) is 8.65. The van der Waals surface area contributed by atoms with Crippen molar-refractivity contribution in [1.29, 1.82) is 0 Å². The third-order valence-corrected chi connectivity index (χ3v) is 2.60. The van der Waals surface area contributed by atoms with Crippen molar-refractivity contribution in [2.45, 2.75) is 31.8 Å². The largest absolute Gasteiger partial charge is 0.259 e. The van der Waals surface area contributed by atoms with Gasteiger partial charge in [0.15, 0.2) is 0 Å². The van der Waals surface area contributed by atoms with E-state index in [0.717, 1.165) is 13.0 Å². The first-order valence-corrected chi connectivity index (χ1v) is 5.14. The van der Waals surface area contributed by atoms with Gasteiger partial charge >= 0.3 is 0 Å². The van der Waals surface area contributed by atoms with E-state index in [1.165, 1.54) is 10.6 Å². The minimum absolute atomic E-state index is 0.968. The van der Waals surface area contributed by atoms with Gasteiger partial charge in [0.25, 0.3) is 0 Å². The van der Waals surface area contributed by atoms with Gasteiger partial charge in [0.2, 0.25) is 0 Å². The highest BCUT2D eigenvalue weighted by Gasteiger charge is 2.05. The fourth-order valence-electron chi connectivity index (χ4n) is 1.12. The predicted octanol–water partition coefficient (Wildman–Crippen LogP) is 2.19. The Bertz CT molecular complexity index is 208. The zero-order chi connectivity index (χ0) is 8.27. The highest BCUT2D eigenvalue weighted by molar-refractivity contribution is 7.98. The van der Waals surface area contributed by atoms with Crippen molar-refractivity contribution >= 4 is 11.8 Å². The molecule has 1 aromatic rings. The van der Waals surface area contributed by atoms with Crippen molar-refractivity contribution < 1.29 is 0 Å². The maximum atomic E-state index is 4.27. The quantitative estimate of drug-likeness (QED) is 0.647. The van der Waals surface area contributed by atoms with Gasteiger partial charge < -0.3 is 0 Å². The van der Waals surface area contributed by atoms with Crippen LogP contribution in [0.5, 0.6) is 0 Å². The van der Waals surface area contributed by atoms with E-state index in [1.54, 1.807) is 11.8 Å². The van der Waals surface area contributed by atoms with Crippen LogP contribution in [0.3, 0.4) is 0 Å². The number of thioether (sulfide) groups is 1. The smallest absolute Gasteiger partial charge is 0.0968 e. The highest BCUT2D eigenvalue weighted by Crippen LogP contribution is 2.19. The van der Waals surface area contributed by atoms with E-state index in [1.807, 2.05) is 10.9 Å². The molecule has 0 bridgehead atoms. The van der Waals surface area contributed by atoms with Crippen molar-refractivity contribution in [2.75, 3.05) is 6.26 Å². The van der Waals surface area contributed by atoms with E-state index in [-0.39, 0.29) is 0 Å². The van der Waals surface area contributed by atoms with Gasteiger partial charge in [0.05, 0.1) is 11.2 Å². The van der Waals surface area contributed by atoms with Crippen molar-refractivity contribution in [1.82, 2.24) is 9.78 Å². The number of aryl methyl sites for hydroxylation is 2. The summed E-state index contributed by atoms with van der Waals surface area (Å²) in [6.45, 7) is 5.25. The summed E-state index contributed by atoms with van der Waals surface area (Å²) in [7, 11) is 0. The van der Waals surface area contributed by atoms with Crippen LogP contribution < -0.4 is 0 Å². The Morgan fingerprint density at radius 2 is 2.27 bits per heavy atom. The average Bonchev–Trinajstić information content (AvgIpc) is 2.45. The van der Waals surface area contributed by atoms with Crippen molar-refractivity contribution in [3.05, 3.63) is 11.8 Å². The Hall–Kier alpha value is -0.440. The second-order valence-corrected chi connectivity index (χ2v) is 3.14. The summed E-state index contributed by atoms with van der Waals surface area (Å²) in [5, 5.41) is 5.59. The fraction of sp³-hybridized carbons (Fsp3) is 0.625. The SMILES string of the molecule is CCc1cnn(CC)c1SC. The summed E-state index contributed by atoms with van der Waals surface area (Å²) in [5.41, 5.74) is 1.36. The molecule has 62 valence electrons. The van der Waals surface area contributed by atoms with E-state index >= 15 is 0 Å². The molecule has 0 unspecified atom stereocenters. The number of nitrogens with zero attached hydrogens (tertiary/aromatic N) is 2. The topological polar surface area (TPSA) is 17.8 Å². The minimum Gasteiger partial charge on any atom is -0.259 e. The zero-order valence-corrected chi connectivity index (χ0v) is 8.11. The second kappa shape index (κ2) is 3.81. The maximum absolute atomic E-state index is 4.27. The summed E-state index contributed by atoms with van der Waals surface area (Å²) in [6, 6.07) is 0. The van der Waals surface area contributed by atoms with Crippen LogP contribution in [0.4, 0.5) is 0 Å². The molecular formula is C8H14N2S. The van der Waals surface area contributed by atoms with Gasteiger partial charge in [-0.15, -0.1) is 11.8 Å². The standard InChI is InChI=1S/C8H14N2S/c1-4-7-6-9-10(5-2)8(7)11-3/h6H,4-5H2,1-3H3. The predicted molar refractivity (Wildman–Crippen MR) is 49.1 cm³/mol. The fourth-order valence-corrected chi connectivity index (χ4v) is 1.96. The Labute approximate surface area is 72.0 Å². The van der Waals surface area contributed by atoms with Crippen LogP contribution in [0.15, 0.2) is 11.2 Å². The van der Waals surface area contributed by atoms with E-state index < -0.39 is 0 Å². The molecule has 2 nitrogen and oxygen atoms in total. The van der Waals surface area contributed by atoms with E-state index in [9.17, 15) is 0 Å². The monoisotopic (exact) mass is 170 g/mol. The molecule has 0 radical (unpaired) electrons. The first-order chi connectivity index (χ1) is 5.33. The molecule has 0 atom stereocenters. The Morgan fingerprint density at radius 1 is 1.55 bits per heavy atom. The van der Waals surface area contributed by atoms with Gasteiger partial charge in [0.1, 0.15) is 0 Å². The molecule has 0 saturated heterocycles. The van der Waals surface area contributed by atoms with Crippen LogP contribution in [-0.2, 0) is 13.0 Å². The summed E-state index contributed by atoms with van der Waals surface area (Å²) in [5.74, 6) is 0. The highest BCUT2D eigenvalue weighted by atomic mass is 32.2. The molecule has 0 N–H and O–H groups in total. The summed E-state index contributed by atoms with van der Waals surface area (Å²) in [4.78, 5) is 0. The van der Waals surface area contributed by atoms with Gasteiger partial charge in [-0.3, -0.25) is 4.68 Å². The Balaban J connectivity index is 2.99. The van der Waals surface area contributed by atoms with Crippen LogP contribution in [0.1, 0.15) is 19.4 Å². The molecule has 0 aliphatic carbocycles. The Kier molecular flexibility index (Phi) is 3.00. The molecule has 0 spiro atoms. The lowest BCUT2D eigenvalue weighted by atomic mass is 10.3. The average molecular weight is 170 g/mol. The molecule has 0 aliphatic rings. The van der Waals surface area contributed by atoms with Crippen LogP contribution in [0.2, 0.25) is 0 Å². The van der Waals surface area contributed by atoms with Crippen LogP contribution >= 0.6 is 11.8 Å². The molecule has 0 amide bonds. The summed E-state index contributed by atoms with van der Waals surface area (Å²) < 4.78 is 2.05. The van der Waals surface area contributed by atoms with Crippen molar-refractivity contribution in [3.63, 3.8) is 0 Å². The minimum atomic E-state index is 0.968. The second-order valence-electron chi connectivity index (χ2n) is 2.35. The third kappa shape index (κ3) is 1.59. The molecule has 0 fully saturated rings. The van der Waals surface area contributed by atoms with Crippen molar-refractivity contribution in [2.24, 2.45) is 0 Å². The molecule has 3 heteroatoms.